The number of esters is 1. The number of aromatic nitrogens is 2. The second-order valence-electron chi connectivity index (χ2n) is 14.8. The molecule has 2 aromatic carbocycles. The maximum Gasteiger partial charge on any atom is 0.408 e. The van der Waals surface area contributed by atoms with Gasteiger partial charge < -0.3 is 25.0 Å². The molecule has 52 heavy (non-hydrogen) atoms. The third-order valence-corrected chi connectivity index (χ3v) is 10.7. The summed E-state index contributed by atoms with van der Waals surface area (Å²) >= 11 is 3.54. The number of ether oxygens (including phenoxy) is 2. The molecule has 2 fully saturated rings. The lowest BCUT2D eigenvalue weighted by Crippen LogP contribution is -2.56. The average Bonchev–Trinajstić information content (AvgIpc) is 3.61. The summed E-state index contributed by atoms with van der Waals surface area (Å²) < 4.78 is 12.5. The van der Waals surface area contributed by atoms with E-state index in [1.54, 1.807) is 33.9 Å². The number of hydrogen-bond donors (Lipinski definition) is 2. The molecule has 0 radical (unpaired) electrons. The Hall–Kier alpha value is -4.52. The fourth-order valence-electron chi connectivity index (χ4n) is 7.30. The van der Waals surface area contributed by atoms with Crippen LogP contribution in [0.2, 0.25) is 0 Å². The number of rotatable bonds is 5. The zero-order valence-corrected chi connectivity index (χ0v) is 31.6. The zero-order chi connectivity index (χ0) is 37.2. The van der Waals surface area contributed by atoms with E-state index in [2.05, 4.69) is 31.7 Å². The predicted octanol–water partition coefficient (Wildman–Crippen LogP) is 5.82. The molecule has 0 unspecified atom stereocenters. The van der Waals surface area contributed by atoms with Gasteiger partial charge in [-0.2, -0.15) is 5.10 Å². The number of allylic oxidation sites excluding steroid dienone is 1. The number of fused-ring (bicyclic) bond motifs is 3. The molecule has 3 heterocycles. The first-order chi connectivity index (χ1) is 24.8. The average molecular weight is 777 g/mol. The summed E-state index contributed by atoms with van der Waals surface area (Å²) in [6.45, 7) is 7.06. The summed E-state index contributed by atoms with van der Waals surface area (Å²) in [5.41, 5.74) is -0.997. The van der Waals surface area contributed by atoms with Crippen molar-refractivity contribution in [2.24, 2.45) is 5.92 Å². The molecular formula is C39H46BrN5O7. The molecule has 3 amide bonds. The topological polar surface area (TPSA) is 149 Å². The third-order valence-electron chi connectivity index (χ3n) is 9.96. The second kappa shape index (κ2) is 15.2. The van der Waals surface area contributed by atoms with Crippen LogP contribution in [0.5, 0.6) is 0 Å². The van der Waals surface area contributed by atoms with Crippen molar-refractivity contribution in [3.05, 3.63) is 75.6 Å². The normalized spacial score (nSPS) is 25.9. The maximum atomic E-state index is 14.5. The van der Waals surface area contributed by atoms with Crippen molar-refractivity contribution in [2.45, 2.75) is 102 Å². The molecule has 2 N–H and O–H groups in total. The Labute approximate surface area is 311 Å². The van der Waals surface area contributed by atoms with Crippen molar-refractivity contribution in [3.8, 4) is 11.1 Å². The minimum atomic E-state index is -1.25. The van der Waals surface area contributed by atoms with Crippen LogP contribution in [0.4, 0.5) is 4.79 Å². The van der Waals surface area contributed by atoms with Gasteiger partial charge >= 0.3 is 12.1 Å². The van der Waals surface area contributed by atoms with E-state index in [1.807, 2.05) is 54.6 Å². The van der Waals surface area contributed by atoms with Crippen LogP contribution in [0.25, 0.3) is 21.9 Å². The number of carbonyl (C=O) groups is 4. The number of amides is 3. The van der Waals surface area contributed by atoms with Gasteiger partial charge in [0.1, 0.15) is 23.2 Å². The van der Waals surface area contributed by atoms with Crippen molar-refractivity contribution in [1.82, 2.24) is 25.3 Å². The van der Waals surface area contributed by atoms with Crippen LogP contribution in [-0.4, -0.2) is 74.9 Å². The number of nitrogens with zero attached hydrogens (tertiary/aromatic N) is 3. The lowest BCUT2D eigenvalue weighted by atomic mass is 10.00. The molecule has 276 valence electrons. The van der Waals surface area contributed by atoms with E-state index in [-0.39, 0.29) is 25.5 Å². The monoisotopic (exact) mass is 775 g/mol. The van der Waals surface area contributed by atoms with E-state index in [1.165, 1.54) is 9.58 Å². The first-order valence-electron chi connectivity index (χ1n) is 18.0. The van der Waals surface area contributed by atoms with E-state index < -0.39 is 58.7 Å². The van der Waals surface area contributed by atoms with Gasteiger partial charge in [-0.15, -0.1) is 0 Å². The van der Waals surface area contributed by atoms with Crippen LogP contribution < -0.4 is 16.2 Å². The van der Waals surface area contributed by atoms with Crippen LogP contribution in [0, 0.1) is 5.92 Å². The van der Waals surface area contributed by atoms with Gasteiger partial charge in [-0.3, -0.25) is 14.4 Å². The lowest BCUT2D eigenvalue weighted by Gasteiger charge is -2.30. The van der Waals surface area contributed by atoms with E-state index in [0.717, 1.165) is 35.6 Å². The van der Waals surface area contributed by atoms with Crippen molar-refractivity contribution in [1.29, 1.82) is 0 Å². The van der Waals surface area contributed by atoms with E-state index in [9.17, 15) is 24.0 Å². The van der Waals surface area contributed by atoms with Gasteiger partial charge in [-0.1, -0.05) is 67.5 Å². The number of carbonyl (C=O) groups excluding carboxylic acids is 4. The Balaban J connectivity index is 1.36. The Morgan fingerprint density at radius 2 is 1.83 bits per heavy atom. The molecule has 3 aromatic rings. The fraction of sp³-hybridized carbons (Fsp3) is 0.487. The molecule has 1 saturated heterocycles. The van der Waals surface area contributed by atoms with Crippen molar-refractivity contribution in [2.75, 3.05) is 13.2 Å². The summed E-state index contributed by atoms with van der Waals surface area (Å²) in [5.74, 6) is -1.78. The largest absolute Gasteiger partial charge is 0.464 e. The molecular weight excluding hydrogens is 730 g/mol. The second-order valence-corrected chi connectivity index (χ2v) is 15.6. The van der Waals surface area contributed by atoms with Crippen molar-refractivity contribution in [3.63, 3.8) is 0 Å². The van der Waals surface area contributed by atoms with Crippen LogP contribution in [-0.2, 0) is 23.9 Å². The lowest BCUT2D eigenvalue weighted by molar-refractivity contribution is -0.150. The first kappa shape index (κ1) is 37.2. The molecule has 2 aliphatic heterocycles. The zero-order valence-electron chi connectivity index (χ0n) is 30.0. The third kappa shape index (κ3) is 7.79. The minimum Gasteiger partial charge on any atom is -0.464 e. The first-order valence-corrected chi connectivity index (χ1v) is 18.8. The number of nitrogens with one attached hydrogen (secondary N) is 2. The van der Waals surface area contributed by atoms with Crippen molar-refractivity contribution >= 4 is 50.6 Å². The van der Waals surface area contributed by atoms with E-state index >= 15 is 0 Å². The molecule has 13 heteroatoms. The van der Waals surface area contributed by atoms with Crippen LogP contribution in [0.1, 0.15) is 78.7 Å². The predicted molar refractivity (Wildman–Crippen MR) is 199 cm³/mol. The number of benzene rings is 2. The number of halogens is 1. The van der Waals surface area contributed by atoms with Crippen LogP contribution >= 0.6 is 15.9 Å². The van der Waals surface area contributed by atoms with E-state index in [0.29, 0.717) is 29.3 Å². The van der Waals surface area contributed by atoms with Gasteiger partial charge in [-0.25, -0.2) is 14.3 Å². The Bertz CT molecular complexity index is 1950. The smallest absolute Gasteiger partial charge is 0.408 e. The SMILES string of the molecule is CCOC(=O)[C@@]12C[C@H]1/C=C\CCCCC[C@H](NC(=O)OC(C)(C)C)C(=O)N1C[C@H](n3ncc(-c4cccc5ccccc45)c(Br)c3=O)C[C@H]1C(=O)N2. The molecule has 3 aliphatic rings. The van der Waals surface area contributed by atoms with Gasteiger partial charge in [0, 0.05) is 24.4 Å². The van der Waals surface area contributed by atoms with Gasteiger partial charge in [0.25, 0.3) is 5.56 Å². The van der Waals surface area contributed by atoms with E-state index in [4.69, 9.17) is 9.47 Å². The quantitative estimate of drug-likeness (QED) is 0.244. The van der Waals surface area contributed by atoms with Crippen LogP contribution in [0.3, 0.4) is 0 Å². The summed E-state index contributed by atoms with van der Waals surface area (Å²) in [4.78, 5) is 70.4. The summed E-state index contributed by atoms with van der Waals surface area (Å²) in [7, 11) is 0. The Morgan fingerprint density at radius 3 is 2.60 bits per heavy atom. The summed E-state index contributed by atoms with van der Waals surface area (Å²) in [6, 6.07) is 11.0. The minimum absolute atomic E-state index is 0.0217. The highest BCUT2D eigenvalue weighted by atomic mass is 79.9. The number of hydrogen-bond acceptors (Lipinski definition) is 8. The fourth-order valence-corrected chi connectivity index (χ4v) is 7.80. The van der Waals surface area contributed by atoms with Crippen LogP contribution in [0.15, 0.2) is 70.1 Å². The van der Waals surface area contributed by atoms with Gasteiger partial charge in [-0.05, 0) is 85.6 Å². The Kier molecular flexibility index (Phi) is 10.9. The van der Waals surface area contributed by atoms with Gasteiger partial charge in [0.15, 0.2) is 0 Å². The molecule has 1 aromatic heterocycles. The highest BCUT2D eigenvalue weighted by Gasteiger charge is 2.62. The molecule has 1 saturated carbocycles. The standard InChI is InChI=1S/C39H46BrN5O7/c1-5-51-36(49)39-21-25(39)16-9-7-6-8-10-19-30(42-37(50)52-38(2,3)4)34(47)44-23-26(20-31(44)33(46)43-39)45-35(48)32(40)29(22-41-45)28-18-13-15-24-14-11-12-17-27(24)28/h9,11-18,22,25-26,30-31H,5-8,10,19-21,23H2,1-4H3,(H,42,50)(H,43,46)/b16-9-/t25-,26-,30+,31+,39-/m1/s1. The molecule has 0 bridgehead atoms. The Morgan fingerprint density at radius 1 is 1.06 bits per heavy atom. The van der Waals surface area contributed by atoms with Crippen molar-refractivity contribution < 1.29 is 28.7 Å². The van der Waals surface area contributed by atoms with Gasteiger partial charge in [0.05, 0.1) is 23.3 Å². The molecule has 6 rings (SSSR count). The molecule has 5 atom stereocenters. The molecule has 12 nitrogen and oxygen atoms in total. The molecule has 1 aliphatic carbocycles. The maximum absolute atomic E-state index is 14.5. The summed E-state index contributed by atoms with van der Waals surface area (Å²) in [5, 5.41) is 12.3. The summed E-state index contributed by atoms with van der Waals surface area (Å²) in [6.07, 6.45) is 8.70. The highest BCUT2D eigenvalue weighted by Crippen LogP contribution is 2.46. The highest BCUT2D eigenvalue weighted by molar-refractivity contribution is 9.10. The number of alkyl carbamates (subject to hydrolysis) is 1. The molecule has 0 spiro atoms. The van der Waals surface area contributed by atoms with Gasteiger partial charge in [0.2, 0.25) is 11.8 Å².